The third kappa shape index (κ3) is 3.94. The Morgan fingerprint density at radius 2 is 2.21 bits per heavy atom. The van der Waals surface area contributed by atoms with Crippen molar-refractivity contribution in [3.8, 4) is 16.9 Å². The van der Waals surface area contributed by atoms with Gasteiger partial charge in [0.05, 0.1) is 6.61 Å². The summed E-state index contributed by atoms with van der Waals surface area (Å²) in [6.07, 6.45) is 7.40. The van der Waals surface area contributed by atoms with E-state index in [-0.39, 0.29) is 5.92 Å². The molecule has 0 aliphatic carbocycles. The van der Waals surface area contributed by atoms with Gasteiger partial charge < -0.3 is 14.4 Å². The average molecular weight is 343 g/mol. The topological polar surface area (TPSA) is 51.6 Å². The molecule has 1 fully saturated rings. The second-order valence-corrected chi connectivity index (χ2v) is 6.79. The van der Waals surface area contributed by atoms with Gasteiger partial charge in [-0.15, -0.1) is 11.8 Å². The lowest BCUT2D eigenvalue weighted by Gasteiger charge is -2.13. The van der Waals surface area contributed by atoms with Crippen LogP contribution in [0.15, 0.2) is 41.6 Å². The summed E-state index contributed by atoms with van der Waals surface area (Å²) >= 11 is 1.69. The molecule has 1 atom stereocenters. The Bertz CT molecular complexity index is 698. The van der Waals surface area contributed by atoms with Crippen LogP contribution in [0.4, 0.5) is 0 Å². The Morgan fingerprint density at radius 3 is 2.92 bits per heavy atom. The van der Waals surface area contributed by atoms with Crippen LogP contribution < -0.4 is 4.74 Å². The highest BCUT2D eigenvalue weighted by Gasteiger charge is 2.30. The molecular formula is C18H22BNO3S. The fourth-order valence-corrected chi connectivity index (χ4v) is 3.38. The van der Waals surface area contributed by atoms with E-state index in [1.165, 1.54) is 0 Å². The molecule has 0 saturated carbocycles. The van der Waals surface area contributed by atoms with E-state index in [0.717, 1.165) is 33.8 Å². The Hall–Kier alpha value is -1.50. The Kier molecular flexibility index (Phi) is 5.82. The highest BCUT2D eigenvalue weighted by Crippen LogP contribution is 2.34. The van der Waals surface area contributed by atoms with Gasteiger partial charge in [-0.2, -0.15) is 0 Å². The summed E-state index contributed by atoms with van der Waals surface area (Å²) in [6.45, 7) is 3.36. The normalized spacial score (nSPS) is 17.3. The SMILES string of the molecule is CCCOc1cc(-c2cncc(C3COB(O)C3)c2)ccc1SC. The molecule has 0 bridgehead atoms. The first kappa shape index (κ1) is 17.3. The fourth-order valence-electron chi connectivity index (χ4n) is 2.86. The molecule has 126 valence electrons. The number of nitrogens with zero attached hydrogens (tertiary/aromatic N) is 1. The van der Waals surface area contributed by atoms with Crippen LogP contribution in [0.2, 0.25) is 6.32 Å². The molecule has 6 heteroatoms. The highest BCUT2D eigenvalue weighted by molar-refractivity contribution is 7.98. The number of thioether (sulfide) groups is 1. The van der Waals surface area contributed by atoms with Crippen LogP contribution in [-0.4, -0.2) is 36.6 Å². The van der Waals surface area contributed by atoms with Crippen LogP contribution in [-0.2, 0) is 4.65 Å². The summed E-state index contributed by atoms with van der Waals surface area (Å²) in [5, 5.41) is 9.56. The molecule has 1 N–H and O–H groups in total. The zero-order valence-corrected chi connectivity index (χ0v) is 14.9. The monoisotopic (exact) mass is 343 g/mol. The van der Waals surface area contributed by atoms with Crippen molar-refractivity contribution in [1.82, 2.24) is 4.98 Å². The first-order valence-corrected chi connectivity index (χ1v) is 9.49. The van der Waals surface area contributed by atoms with Crippen molar-refractivity contribution in [2.45, 2.75) is 30.5 Å². The van der Waals surface area contributed by atoms with Gasteiger partial charge in [-0.1, -0.05) is 13.0 Å². The maximum absolute atomic E-state index is 9.56. The van der Waals surface area contributed by atoms with E-state index in [1.54, 1.807) is 11.8 Å². The largest absolute Gasteiger partial charge is 0.492 e. The lowest BCUT2D eigenvalue weighted by molar-refractivity contribution is 0.292. The Balaban J connectivity index is 1.88. The molecule has 2 aromatic rings. The molecule has 0 amide bonds. The van der Waals surface area contributed by atoms with Crippen LogP contribution in [0.25, 0.3) is 11.1 Å². The lowest BCUT2D eigenvalue weighted by Crippen LogP contribution is -2.07. The van der Waals surface area contributed by atoms with Gasteiger partial charge in [0.2, 0.25) is 0 Å². The molecule has 1 aromatic carbocycles. The van der Waals surface area contributed by atoms with Crippen LogP contribution in [0.5, 0.6) is 5.75 Å². The molecule has 1 unspecified atom stereocenters. The number of hydrogen-bond donors (Lipinski definition) is 1. The van der Waals surface area contributed by atoms with Gasteiger partial charge in [0.15, 0.2) is 0 Å². The van der Waals surface area contributed by atoms with Gasteiger partial charge in [0, 0.05) is 35.4 Å². The summed E-state index contributed by atoms with van der Waals surface area (Å²) in [5.41, 5.74) is 3.25. The maximum Gasteiger partial charge on any atom is 0.454 e. The van der Waals surface area contributed by atoms with Crippen LogP contribution in [0.1, 0.15) is 24.8 Å². The molecule has 4 nitrogen and oxygen atoms in total. The average Bonchev–Trinajstić information content (AvgIpc) is 3.06. The van der Waals surface area contributed by atoms with Gasteiger partial charge in [-0.05, 0) is 48.3 Å². The zero-order valence-electron chi connectivity index (χ0n) is 14.1. The van der Waals surface area contributed by atoms with Gasteiger partial charge in [0.25, 0.3) is 0 Å². The molecule has 0 radical (unpaired) electrons. The Labute approximate surface area is 147 Å². The third-order valence-corrected chi connectivity index (χ3v) is 4.94. The first-order chi connectivity index (χ1) is 11.7. The van der Waals surface area contributed by atoms with Crippen LogP contribution in [0.3, 0.4) is 0 Å². The number of aromatic nitrogens is 1. The van der Waals surface area contributed by atoms with Gasteiger partial charge in [-0.3, -0.25) is 4.98 Å². The van der Waals surface area contributed by atoms with Crippen molar-refractivity contribution < 1.29 is 14.4 Å². The lowest BCUT2D eigenvalue weighted by atomic mass is 9.80. The van der Waals surface area contributed by atoms with Crippen molar-refractivity contribution in [2.24, 2.45) is 0 Å². The quantitative estimate of drug-likeness (QED) is 0.638. The van der Waals surface area contributed by atoms with E-state index >= 15 is 0 Å². The summed E-state index contributed by atoms with van der Waals surface area (Å²) in [7, 11) is -0.659. The van der Waals surface area contributed by atoms with Crippen molar-refractivity contribution in [3.05, 3.63) is 42.2 Å². The van der Waals surface area contributed by atoms with Crippen molar-refractivity contribution in [1.29, 1.82) is 0 Å². The van der Waals surface area contributed by atoms with Crippen molar-refractivity contribution in [2.75, 3.05) is 19.5 Å². The summed E-state index contributed by atoms with van der Waals surface area (Å²) < 4.78 is 11.2. The standard InChI is InChI=1S/C18H22BNO3S/c1-3-6-22-17-8-13(4-5-18(17)24-2)14-7-15(11-20-10-14)16-9-19(21)23-12-16/h4-5,7-8,10-11,16,21H,3,6,9,12H2,1-2H3. The van der Waals surface area contributed by atoms with E-state index in [2.05, 4.69) is 42.4 Å². The van der Waals surface area contributed by atoms with Crippen LogP contribution in [0, 0.1) is 0 Å². The summed E-state index contributed by atoms with van der Waals surface area (Å²) in [4.78, 5) is 5.52. The minimum absolute atomic E-state index is 0.203. The molecule has 1 aromatic heterocycles. The smallest absolute Gasteiger partial charge is 0.454 e. The van der Waals surface area contributed by atoms with E-state index < -0.39 is 7.12 Å². The molecule has 1 aliphatic rings. The minimum atomic E-state index is -0.659. The molecule has 0 spiro atoms. The van der Waals surface area contributed by atoms with E-state index in [9.17, 15) is 5.02 Å². The number of hydrogen-bond acceptors (Lipinski definition) is 5. The van der Waals surface area contributed by atoms with Gasteiger partial charge in [-0.25, -0.2) is 0 Å². The van der Waals surface area contributed by atoms with E-state index in [0.29, 0.717) is 19.5 Å². The summed E-state index contributed by atoms with van der Waals surface area (Å²) in [6, 6.07) is 8.42. The molecule has 24 heavy (non-hydrogen) atoms. The zero-order chi connectivity index (χ0) is 16.9. The second-order valence-electron chi connectivity index (χ2n) is 5.94. The number of benzene rings is 1. The second kappa shape index (κ2) is 8.05. The summed E-state index contributed by atoms with van der Waals surface area (Å²) in [5.74, 6) is 1.13. The predicted molar refractivity (Wildman–Crippen MR) is 98.7 cm³/mol. The molecule has 3 rings (SSSR count). The van der Waals surface area contributed by atoms with Gasteiger partial charge >= 0.3 is 7.12 Å². The van der Waals surface area contributed by atoms with Gasteiger partial charge in [0.1, 0.15) is 5.75 Å². The molecule has 1 saturated heterocycles. The molecular weight excluding hydrogens is 321 g/mol. The Morgan fingerprint density at radius 1 is 1.33 bits per heavy atom. The van der Waals surface area contributed by atoms with E-state index in [4.69, 9.17) is 9.39 Å². The van der Waals surface area contributed by atoms with Crippen molar-refractivity contribution in [3.63, 3.8) is 0 Å². The number of pyridine rings is 1. The maximum atomic E-state index is 9.56. The molecule has 1 aliphatic heterocycles. The fraction of sp³-hybridized carbons (Fsp3) is 0.389. The predicted octanol–water partition coefficient (Wildman–Crippen LogP) is 3.85. The first-order valence-electron chi connectivity index (χ1n) is 8.27. The third-order valence-electron chi connectivity index (χ3n) is 4.17. The minimum Gasteiger partial charge on any atom is -0.492 e. The molecule has 2 heterocycles. The van der Waals surface area contributed by atoms with Crippen molar-refractivity contribution >= 4 is 18.9 Å². The highest BCUT2D eigenvalue weighted by atomic mass is 32.2. The number of rotatable bonds is 6. The number of ether oxygens (including phenoxy) is 1. The van der Waals surface area contributed by atoms with E-state index in [1.807, 2.05) is 12.4 Å². The van der Waals surface area contributed by atoms with Crippen LogP contribution >= 0.6 is 11.8 Å².